The third-order valence-corrected chi connectivity index (χ3v) is 6.88. The first-order valence-corrected chi connectivity index (χ1v) is 10.0. The van der Waals surface area contributed by atoms with Crippen molar-refractivity contribution in [1.82, 2.24) is 29.6 Å². The third kappa shape index (κ3) is 2.59. The Morgan fingerprint density at radius 2 is 2.12 bits per heavy atom. The van der Waals surface area contributed by atoms with E-state index in [-0.39, 0.29) is 0 Å². The van der Waals surface area contributed by atoms with Crippen molar-refractivity contribution in [1.29, 1.82) is 0 Å². The predicted octanol–water partition coefficient (Wildman–Crippen LogP) is 2.31. The predicted molar refractivity (Wildman–Crippen MR) is 102 cm³/mol. The molecule has 4 heterocycles. The summed E-state index contributed by atoms with van der Waals surface area (Å²) in [4.78, 5) is 18.3. The Morgan fingerprint density at radius 1 is 1.27 bits per heavy atom. The fourth-order valence-electron chi connectivity index (χ4n) is 4.51. The zero-order valence-corrected chi connectivity index (χ0v) is 16.0. The monoisotopic (exact) mass is 369 g/mol. The Balaban J connectivity index is 1.27. The molecule has 0 N–H and O–H groups in total. The van der Waals surface area contributed by atoms with Crippen LogP contribution in [-0.2, 0) is 13.6 Å². The molecule has 0 amide bonds. The number of thiazole rings is 1. The van der Waals surface area contributed by atoms with Gasteiger partial charge in [0, 0.05) is 37.8 Å². The lowest BCUT2D eigenvalue weighted by atomic mass is 9.92. The number of fused-ring (bicyclic) bond motifs is 1. The Bertz CT molecular complexity index is 911. The first-order chi connectivity index (χ1) is 12.7. The van der Waals surface area contributed by atoms with Crippen LogP contribution >= 0.6 is 11.3 Å². The fourth-order valence-corrected chi connectivity index (χ4v) is 5.19. The summed E-state index contributed by atoms with van der Waals surface area (Å²) in [7, 11) is 4.17. The lowest BCUT2D eigenvalue weighted by molar-refractivity contribution is 0.238. The number of aromatic nitrogens is 5. The van der Waals surface area contributed by atoms with Gasteiger partial charge in [-0.2, -0.15) is 5.10 Å². The molecule has 1 unspecified atom stereocenters. The molecule has 7 nitrogen and oxygen atoms in total. The molecule has 1 atom stereocenters. The molecule has 0 radical (unpaired) electrons. The second kappa shape index (κ2) is 5.99. The molecule has 1 aliphatic heterocycles. The van der Waals surface area contributed by atoms with Gasteiger partial charge in [-0.05, 0) is 31.7 Å². The maximum absolute atomic E-state index is 4.56. The molecule has 136 valence electrons. The molecule has 0 bridgehead atoms. The molecular weight excluding hydrogens is 346 g/mol. The summed E-state index contributed by atoms with van der Waals surface area (Å²) < 4.78 is 1.82. The van der Waals surface area contributed by atoms with Gasteiger partial charge < -0.3 is 4.90 Å². The van der Waals surface area contributed by atoms with Crippen LogP contribution in [0.3, 0.4) is 0 Å². The topological polar surface area (TPSA) is 63.0 Å². The van der Waals surface area contributed by atoms with Gasteiger partial charge in [0.2, 0.25) is 0 Å². The van der Waals surface area contributed by atoms with E-state index in [1.54, 1.807) is 17.7 Å². The maximum Gasteiger partial charge on any atom is 0.163 e. The van der Waals surface area contributed by atoms with Crippen LogP contribution < -0.4 is 4.90 Å². The largest absolute Gasteiger partial charge is 0.356 e. The van der Waals surface area contributed by atoms with Crippen molar-refractivity contribution in [2.75, 3.05) is 25.0 Å². The van der Waals surface area contributed by atoms with Gasteiger partial charge in [0.15, 0.2) is 5.65 Å². The van der Waals surface area contributed by atoms with Gasteiger partial charge >= 0.3 is 0 Å². The molecular formula is C18H23N7S. The van der Waals surface area contributed by atoms with E-state index in [4.69, 9.17) is 0 Å². The number of anilines is 1. The average molecular weight is 369 g/mol. The summed E-state index contributed by atoms with van der Waals surface area (Å²) in [6, 6.07) is 0.692. The Labute approximate surface area is 156 Å². The molecule has 1 saturated carbocycles. The summed E-state index contributed by atoms with van der Waals surface area (Å²) in [5, 5.41) is 8.67. The van der Waals surface area contributed by atoms with E-state index in [1.165, 1.54) is 24.3 Å². The second-order valence-electron chi connectivity index (χ2n) is 7.61. The van der Waals surface area contributed by atoms with Crippen molar-refractivity contribution < 1.29 is 0 Å². The van der Waals surface area contributed by atoms with Gasteiger partial charge in [-0.1, -0.05) is 0 Å². The average Bonchev–Trinajstić information content (AvgIpc) is 2.98. The van der Waals surface area contributed by atoms with Crippen LogP contribution in [-0.4, -0.2) is 55.8 Å². The molecule has 3 aromatic rings. The first-order valence-electron chi connectivity index (χ1n) is 9.13. The quantitative estimate of drug-likeness (QED) is 0.703. The van der Waals surface area contributed by atoms with Crippen molar-refractivity contribution in [2.24, 2.45) is 12.5 Å². The van der Waals surface area contributed by atoms with Crippen LogP contribution in [0.2, 0.25) is 0 Å². The summed E-state index contributed by atoms with van der Waals surface area (Å²) in [5.74, 6) is 1.03. The molecule has 5 rings (SSSR count). The molecule has 2 aliphatic rings. The van der Waals surface area contributed by atoms with Gasteiger partial charge in [0.1, 0.15) is 17.2 Å². The number of hydrogen-bond donors (Lipinski definition) is 0. The smallest absolute Gasteiger partial charge is 0.163 e. The fraction of sp³-hybridized carbons (Fsp3) is 0.556. The third-order valence-electron chi connectivity index (χ3n) is 6.11. The summed E-state index contributed by atoms with van der Waals surface area (Å²) in [6.45, 7) is 3.08. The van der Waals surface area contributed by atoms with Crippen molar-refractivity contribution in [3.63, 3.8) is 0 Å². The standard InChI is InChI=1S/C18H23N7S/c1-23(11-15-19-5-8-26-15)14-9-18(14)3-6-25(7-4-18)17-13-10-22-24(2)16(13)20-12-21-17/h5,8,10,12,14H,3-4,6-7,9,11H2,1-2H3. The van der Waals surface area contributed by atoms with Crippen molar-refractivity contribution in [2.45, 2.75) is 31.8 Å². The molecule has 1 aliphatic carbocycles. The lowest BCUT2D eigenvalue weighted by Gasteiger charge is -2.35. The van der Waals surface area contributed by atoms with E-state index in [9.17, 15) is 0 Å². The highest BCUT2D eigenvalue weighted by Gasteiger charge is 2.56. The van der Waals surface area contributed by atoms with Gasteiger partial charge in [0.25, 0.3) is 0 Å². The number of aryl methyl sites for hydroxylation is 1. The minimum absolute atomic E-state index is 0.490. The number of nitrogens with zero attached hydrogens (tertiary/aromatic N) is 7. The molecule has 3 aromatic heterocycles. The van der Waals surface area contributed by atoms with E-state index >= 15 is 0 Å². The normalized spacial score (nSPS) is 21.8. The van der Waals surface area contributed by atoms with Crippen LogP contribution in [0.15, 0.2) is 24.1 Å². The maximum atomic E-state index is 4.56. The SMILES string of the molecule is CN(Cc1nccs1)C1CC12CCN(c1ncnc3c1cnn3C)CC2. The zero-order chi connectivity index (χ0) is 17.7. The Morgan fingerprint density at radius 3 is 2.88 bits per heavy atom. The van der Waals surface area contributed by atoms with Gasteiger partial charge in [-0.15, -0.1) is 11.3 Å². The van der Waals surface area contributed by atoms with Crippen molar-refractivity contribution in [3.05, 3.63) is 29.1 Å². The summed E-state index contributed by atoms with van der Waals surface area (Å²) in [5.41, 5.74) is 1.40. The van der Waals surface area contributed by atoms with Crippen LogP contribution in [0.1, 0.15) is 24.3 Å². The first kappa shape index (κ1) is 16.1. The van der Waals surface area contributed by atoms with Gasteiger partial charge in [-0.25, -0.2) is 15.0 Å². The zero-order valence-electron chi connectivity index (χ0n) is 15.2. The summed E-state index contributed by atoms with van der Waals surface area (Å²) in [6.07, 6.45) is 9.21. The minimum atomic E-state index is 0.490. The summed E-state index contributed by atoms with van der Waals surface area (Å²) >= 11 is 1.75. The van der Waals surface area contributed by atoms with Crippen LogP contribution in [0, 0.1) is 5.41 Å². The Hall–Kier alpha value is -2.06. The number of hydrogen-bond acceptors (Lipinski definition) is 7. The second-order valence-corrected chi connectivity index (χ2v) is 8.59. The van der Waals surface area contributed by atoms with Crippen molar-refractivity contribution >= 4 is 28.2 Å². The molecule has 2 fully saturated rings. The van der Waals surface area contributed by atoms with E-state index in [0.29, 0.717) is 11.5 Å². The van der Waals surface area contributed by atoms with E-state index in [0.717, 1.165) is 36.5 Å². The van der Waals surface area contributed by atoms with Crippen LogP contribution in [0.5, 0.6) is 0 Å². The Kier molecular flexibility index (Phi) is 3.72. The molecule has 0 aromatic carbocycles. The van der Waals surface area contributed by atoms with Crippen LogP contribution in [0.4, 0.5) is 5.82 Å². The number of piperidine rings is 1. The minimum Gasteiger partial charge on any atom is -0.356 e. The molecule has 1 spiro atoms. The van der Waals surface area contributed by atoms with Crippen LogP contribution in [0.25, 0.3) is 11.0 Å². The van der Waals surface area contributed by atoms with E-state index in [1.807, 2.05) is 24.1 Å². The van der Waals surface area contributed by atoms with Gasteiger partial charge in [0.05, 0.1) is 18.1 Å². The number of rotatable bonds is 4. The lowest BCUT2D eigenvalue weighted by Crippen LogP contribution is -2.38. The highest BCUT2D eigenvalue weighted by atomic mass is 32.1. The van der Waals surface area contributed by atoms with E-state index in [2.05, 4.69) is 42.3 Å². The molecule has 1 saturated heterocycles. The van der Waals surface area contributed by atoms with Gasteiger partial charge in [-0.3, -0.25) is 9.58 Å². The molecule has 26 heavy (non-hydrogen) atoms. The van der Waals surface area contributed by atoms with Crippen molar-refractivity contribution in [3.8, 4) is 0 Å². The van der Waals surface area contributed by atoms with E-state index < -0.39 is 0 Å². The highest BCUT2D eigenvalue weighted by molar-refractivity contribution is 7.09. The highest BCUT2D eigenvalue weighted by Crippen LogP contribution is 2.56. The molecule has 8 heteroatoms.